The van der Waals surface area contributed by atoms with E-state index in [9.17, 15) is 9.59 Å². The second-order valence-corrected chi connectivity index (χ2v) is 8.16. The van der Waals surface area contributed by atoms with Crippen molar-refractivity contribution in [3.8, 4) is 0 Å². The minimum atomic E-state index is -0.107. The fourth-order valence-corrected chi connectivity index (χ4v) is 5.16. The Morgan fingerprint density at radius 3 is 2.92 bits per heavy atom. The molecule has 2 aromatic heterocycles. The van der Waals surface area contributed by atoms with Crippen molar-refractivity contribution in [2.24, 2.45) is 7.05 Å². The lowest BCUT2D eigenvalue weighted by Gasteiger charge is -2.22. The minimum Gasteiger partial charge on any atom is -0.306 e. The number of benzene rings is 1. The Kier molecular flexibility index (Phi) is 4.13. The Bertz CT molecular complexity index is 1040. The molecule has 0 fully saturated rings. The van der Waals surface area contributed by atoms with Crippen molar-refractivity contribution in [1.82, 2.24) is 9.55 Å². The van der Waals surface area contributed by atoms with E-state index in [0.717, 1.165) is 28.3 Å². The molecule has 0 aliphatic carbocycles. The number of nitrogens with zero attached hydrogens (tertiary/aromatic N) is 3. The zero-order valence-electron chi connectivity index (χ0n) is 14.0. The average molecular weight is 371 g/mol. The second kappa shape index (κ2) is 6.31. The third-order valence-electron chi connectivity index (χ3n) is 4.39. The second-order valence-electron chi connectivity index (χ2n) is 6.02. The molecule has 7 heteroatoms. The van der Waals surface area contributed by atoms with E-state index in [1.807, 2.05) is 30.0 Å². The number of anilines is 1. The van der Waals surface area contributed by atoms with Gasteiger partial charge in [-0.05, 0) is 36.8 Å². The number of aromatic nitrogens is 2. The molecule has 3 heterocycles. The summed E-state index contributed by atoms with van der Waals surface area (Å²) in [6.07, 6.45) is 2.45. The zero-order chi connectivity index (χ0) is 17.6. The van der Waals surface area contributed by atoms with Crippen molar-refractivity contribution in [1.29, 1.82) is 0 Å². The molecular formula is C18H17N3O2S2. The van der Waals surface area contributed by atoms with Crippen molar-refractivity contribution in [2.75, 3.05) is 17.2 Å². The van der Waals surface area contributed by atoms with Crippen LogP contribution in [-0.4, -0.2) is 27.8 Å². The highest BCUT2D eigenvalue weighted by molar-refractivity contribution is 7.99. The molecule has 0 atom stereocenters. The van der Waals surface area contributed by atoms with Gasteiger partial charge in [0.2, 0.25) is 0 Å². The maximum absolute atomic E-state index is 13.3. The molecule has 0 saturated heterocycles. The van der Waals surface area contributed by atoms with Crippen LogP contribution in [0.1, 0.15) is 21.7 Å². The normalized spacial score (nSPS) is 14.4. The summed E-state index contributed by atoms with van der Waals surface area (Å²) in [5.74, 6) is 0.950. The summed E-state index contributed by atoms with van der Waals surface area (Å²) in [4.78, 5) is 34.2. The SMILES string of the molecule is Cc1c(C(=O)N2CCCSc3ccccc32)sc2ncn(C)c(=O)c12. The number of thiophene rings is 1. The molecular weight excluding hydrogens is 354 g/mol. The van der Waals surface area contributed by atoms with Crippen molar-refractivity contribution in [3.63, 3.8) is 0 Å². The van der Waals surface area contributed by atoms with Gasteiger partial charge in [-0.1, -0.05) is 12.1 Å². The number of amides is 1. The molecule has 1 aromatic carbocycles. The van der Waals surface area contributed by atoms with Gasteiger partial charge in [-0.15, -0.1) is 23.1 Å². The molecule has 5 nitrogen and oxygen atoms in total. The molecule has 0 radical (unpaired) electrons. The third kappa shape index (κ3) is 2.67. The van der Waals surface area contributed by atoms with Crippen LogP contribution in [0.3, 0.4) is 0 Å². The van der Waals surface area contributed by atoms with Crippen molar-refractivity contribution < 1.29 is 4.79 Å². The van der Waals surface area contributed by atoms with Crippen LogP contribution in [0.25, 0.3) is 10.2 Å². The number of hydrogen-bond donors (Lipinski definition) is 0. The Hall–Kier alpha value is -2.12. The summed E-state index contributed by atoms with van der Waals surface area (Å²) in [6.45, 7) is 2.52. The Morgan fingerprint density at radius 1 is 1.28 bits per heavy atom. The third-order valence-corrected chi connectivity index (χ3v) is 6.73. The molecule has 25 heavy (non-hydrogen) atoms. The van der Waals surface area contributed by atoms with E-state index in [2.05, 4.69) is 11.1 Å². The summed E-state index contributed by atoms with van der Waals surface area (Å²) in [5.41, 5.74) is 1.57. The number of aryl methyl sites for hydroxylation is 2. The molecule has 0 bridgehead atoms. The van der Waals surface area contributed by atoms with Gasteiger partial charge in [-0.3, -0.25) is 9.59 Å². The first kappa shape index (κ1) is 16.4. The van der Waals surface area contributed by atoms with Crippen molar-refractivity contribution in [3.05, 3.63) is 51.4 Å². The van der Waals surface area contributed by atoms with Crippen LogP contribution in [0.15, 0.2) is 40.3 Å². The van der Waals surface area contributed by atoms with Crippen LogP contribution in [0.4, 0.5) is 5.69 Å². The average Bonchev–Trinajstić information content (AvgIpc) is 2.81. The maximum atomic E-state index is 13.3. The van der Waals surface area contributed by atoms with Gasteiger partial charge >= 0.3 is 0 Å². The quantitative estimate of drug-likeness (QED) is 0.657. The molecule has 3 aromatic rings. The lowest BCUT2D eigenvalue weighted by molar-refractivity contribution is 0.0990. The van der Waals surface area contributed by atoms with Crippen LogP contribution >= 0.6 is 23.1 Å². The van der Waals surface area contributed by atoms with Gasteiger partial charge in [0.1, 0.15) is 4.83 Å². The summed E-state index contributed by atoms with van der Waals surface area (Å²) < 4.78 is 1.45. The minimum absolute atomic E-state index is 0.0440. The topological polar surface area (TPSA) is 55.2 Å². The maximum Gasteiger partial charge on any atom is 0.268 e. The van der Waals surface area contributed by atoms with Gasteiger partial charge in [0.15, 0.2) is 0 Å². The van der Waals surface area contributed by atoms with Crippen molar-refractivity contribution >= 4 is 44.9 Å². The number of para-hydroxylation sites is 1. The number of carbonyl (C=O) groups excluding carboxylic acids is 1. The standard InChI is InChI=1S/C18H17N3O2S2/c1-11-14-16(19-10-20(2)17(14)22)25-15(11)18(23)21-8-5-9-24-13-7-4-3-6-12(13)21/h3-4,6-7,10H,5,8-9H2,1-2H3. The van der Waals surface area contributed by atoms with E-state index < -0.39 is 0 Å². The molecule has 1 amide bonds. The van der Waals surface area contributed by atoms with Crippen LogP contribution in [0, 0.1) is 6.92 Å². The fraction of sp³-hybridized carbons (Fsp3) is 0.278. The van der Waals surface area contributed by atoms with E-state index in [1.54, 1.807) is 18.8 Å². The van der Waals surface area contributed by atoms with Crippen LogP contribution in [-0.2, 0) is 7.05 Å². The molecule has 0 unspecified atom stereocenters. The molecule has 1 aliphatic rings. The van der Waals surface area contributed by atoms with E-state index in [0.29, 0.717) is 21.6 Å². The molecule has 0 N–H and O–H groups in total. The zero-order valence-corrected chi connectivity index (χ0v) is 15.6. The van der Waals surface area contributed by atoms with Gasteiger partial charge in [0.05, 0.1) is 22.3 Å². The van der Waals surface area contributed by atoms with Crippen LogP contribution in [0.2, 0.25) is 0 Å². The number of carbonyl (C=O) groups is 1. The Labute approximate surface area is 153 Å². The first-order chi connectivity index (χ1) is 12.1. The van der Waals surface area contributed by atoms with E-state index in [4.69, 9.17) is 0 Å². The van der Waals surface area contributed by atoms with Gasteiger partial charge in [0.25, 0.3) is 11.5 Å². The molecule has 0 saturated carbocycles. The molecule has 0 spiro atoms. The highest BCUT2D eigenvalue weighted by Crippen LogP contribution is 2.36. The highest BCUT2D eigenvalue weighted by atomic mass is 32.2. The van der Waals surface area contributed by atoms with Gasteiger partial charge in [-0.2, -0.15) is 0 Å². The van der Waals surface area contributed by atoms with E-state index in [1.165, 1.54) is 22.2 Å². The summed E-state index contributed by atoms with van der Waals surface area (Å²) in [5, 5.41) is 0.552. The molecule has 4 rings (SSSR count). The smallest absolute Gasteiger partial charge is 0.268 e. The first-order valence-corrected chi connectivity index (χ1v) is 9.86. The van der Waals surface area contributed by atoms with Gasteiger partial charge < -0.3 is 9.47 Å². The Balaban J connectivity index is 1.85. The highest BCUT2D eigenvalue weighted by Gasteiger charge is 2.27. The number of hydrogen-bond acceptors (Lipinski definition) is 5. The van der Waals surface area contributed by atoms with E-state index >= 15 is 0 Å². The number of thioether (sulfide) groups is 1. The number of rotatable bonds is 1. The predicted octanol–water partition coefficient (Wildman–Crippen LogP) is 3.45. The van der Waals surface area contributed by atoms with E-state index in [-0.39, 0.29) is 11.5 Å². The van der Waals surface area contributed by atoms with Gasteiger partial charge in [-0.25, -0.2) is 4.98 Å². The summed E-state index contributed by atoms with van der Waals surface area (Å²) in [7, 11) is 1.68. The molecule has 1 aliphatic heterocycles. The molecule has 128 valence electrons. The fourth-order valence-electron chi connectivity index (χ4n) is 3.07. The van der Waals surface area contributed by atoms with Crippen LogP contribution in [0.5, 0.6) is 0 Å². The largest absolute Gasteiger partial charge is 0.306 e. The van der Waals surface area contributed by atoms with Crippen molar-refractivity contribution in [2.45, 2.75) is 18.2 Å². The monoisotopic (exact) mass is 371 g/mol. The summed E-state index contributed by atoms with van der Waals surface area (Å²) >= 11 is 3.09. The first-order valence-electron chi connectivity index (χ1n) is 8.06. The lowest BCUT2D eigenvalue weighted by atomic mass is 10.2. The predicted molar refractivity (Wildman–Crippen MR) is 103 cm³/mol. The lowest BCUT2D eigenvalue weighted by Crippen LogP contribution is -2.31. The van der Waals surface area contributed by atoms with Gasteiger partial charge in [0, 0.05) is 18.5 Å². The Morgan fingerprint density at radius 2 is 2.08 bits per heavy atom. The van der Waals surface area contributed by atoms with Crippen LogP contribution < -0.4 is 10.5 Å². The summed E-state index contributed by atoms with van der Waals surface area (Å²) in [6, 6.07) is 8.00. The number of fused-ring (bicyclic) bond motifs is 2.